The molecule has 0 aliphatic carbocycles. The number of fused-ring (bicyclic) bond motifs is 2. The highest BCUT2D eigenvalue weighted by atomic mass is 35.5. The standard InChI is InChI=1S/C20H12ClN5O5/c21-12-3-1-9(5-13(12)26(27)28)16-11(7-22)19(23)31-20-17(16)18(24-25-20)10-2-4-14-15(6-10)30-8-29-14/h1-6,16H,8,23H2,(H,24,25). The van der Waals surface area contributed by atoms with Gasteiger partial charge in [0.25, 0.3) is 5.69 Å². The fourth-order valence-electron chi connectivity index (χ4n) is 3.70. The molecule has 3 N–H and O–H groups in total. The van der Waals surface area contributed by atoms with Crippen LogP contribution in [-0.4, -0.2) is 21.9 Å². The number of nitrogens with two attached hydrogens (primary N) is 1. The van der Waals surface area contributed by atoms with Gasteiger partial charge in [-0.3, -0.25) is 15.2 Å². The van der Waals surface area contributed by atoms with Crippen molar-refractivity contribution in [2.24, 2.45) is 5.73 Å². The number of allylic oxidation sites excluding steroid dienone is 1. The molecule has 2 aliphatic heterocycles. The largest absolute Gasteiger partial charge is 0.454 e. The quantitative estimate of drug-likeness (QED) is 0.466. The van der Waals surface area contributed by atoms with Gasteiger partial charge < -0.3 is 19.9 Å². The normalized spacial score (nSPS) is 16.5. The average molecular weight is 438 g/mol. The molecule has 10 nitrogen and oxygen atoms in total. The van der Waals surface area contributed by atoms with Gasteiger partial charge >= 0.3 is 0 Å². The zero-order chi connectivity index (χ0) is 21.7. The number of rotatable bonds is 3. The number of nitro benzene ring substituents is 1. The van der Waals surface area contributed by atoms with E-state index >= 15 is 0 Å². The molecule has 5 rings (SSSR count). The summed E-state index contributed by atoms with van der Waals surface area (Å²) in [4.78, 5) is 10.8. The number of halogens is 1. The molecule has 0 saturated heterocycles. The molecular formula is C20H12ClN5O5. The number of hydrogen-bond donors (Lipinski definition) is 2. The van der Waals surface area contributed by atoms with Crippen LogP contribution in [0.4, 0.5) is 5.69 Å². The molecule has 154 valence electrons. The minimum absolute atomic E-state index is 0.0142. The highest BCUT2D eigenvalue weighted by Gasteiger charge is 2.36. The van der Waals surface area contributed by atoms with Gasteiger partial charge in [0.1, 0.15) is 16.7 Å². The van der Waals surface area contributed by atoms with Crippen molar-refractivity contribution in [3.8, 4) is 34.7 Å². The molecule has 0 saturated carbocycles. The Bertz CT molecular complexity index is 1330. The van der Waals surface area contributed by atoms with Gasteiger partial charge in [0, 0.05) is 11.6 Å². The molecule has 1 unspecified atom stereocenters. The first-order chi connectivity index (χ1) is 15.0. The number of aromatic amines is 1. The fraction of sp³-hybridized carbons (Fsp3) is 0.100. The minimum atomic E-state index is -0.760. The molecule has 0 fully saturated rings. The lowest BCUT2D eigenvalue weighted by Crippen LogP contribution is -2.21. The molecule has 1 atom stereocenters. The Balaban J connectivity index is 1.72. The lowest BCUT2D eigenvalue weighted by Gasteiger charge is -2.24. The molecule has 2 aromatic carbocycles. The van der Waals surface area contributed by atoms with Gasteiger partial charge in [0.2, 0.25) is 18.6 Å². The molecule has 0 spiro atoms. The Labute approximate surface area is 179 Å². The van der Waals surface area contributed by atoms with E-state index in [-0.39, 0.29) is 34.8 Å². The van der Waals surface area contributed by atoms with Crippen LogP contribution in [0, 0.1) is 21.4 Å². The monoisotopic (exact) mass is 437 g/mol. The maximum absolute atomic E-state index is 11.4. The van der Waals surface area contributed by atoms with E-state index in [0.717, 1.165) is 0 Å². The molecule has 31 heavy (non-hydrogen) atoms. The van der Waals surface area contributed by atoms with Crippen LogP contribution in [0.1, 0.15) is 17.0 Å². The van der Waals surface area contributed by atoms with Crippen molar-refractivity contribution in [3.63, 3.8) is 0 Å². The summed E-state index contributed by atoms with van der Waals surface area (Å²) in [7, 11) is 0. The third-order valence-electron chi connectivity index (χ3n) is 5.10. The summed E-state index contributed by atoms with van der Waals surface area (Å²) in [5.41, 5.74) is 8.01. The van der Waals surface area contributed by atoms with Crippen molar-refractivity contribution in [2.75, 3.05) is 6.79 Å². The summed E-state index contributed by atoms with van der Waals surface area (Å²) in [5, 5.41) is 28.3. The molecule has 0 amide bonds. The van der Waals surface area contributed by atoms with E-state index < -0.39 is 10.8 Å². The van der Waals surface area contributed by atoms with Crippen LogP contribution in [0.25, 0.3) is 11.3 Å². The zero-order valence-corrected chi connectivity index (χ0v) is 16.3. The Morgan fingerprint density at radius 1 is 1.26 bits per heavy atom. The molecule has 1 aromatic heterocycles. The Morgan fingerprint density at radius 2 is 2.06 bits per heavy atom. The van der Waals surface area contributed by atoms with E-state index in [9.17, 15) is 15.4 Å². The van der Waals surface area contributed by atoms with Gasteiger partial charge in [-0.1, -0.05) is 17.7 Å². The Kier molecular flexibility index (Phi) is 4.20. The van der Waals surface area contributed by atoms with Crippen LogP contribution < -0.4 is 19.9 Å². The molecular weight excluding hydrogens is 426 g/mol. The van der Waals surface area contributed by atoms with Crippen LogP contribution in [0.5, 0.6) is 17.4 Å². The molecule has 0 bridgehead atoms. The van der Waals surface area contributed by atoms with Crippen LogP contribution in [0.2, 0.25) is 5.02 Å². The molecule has 3 aromatic rings. The Morgan fingerprint density at radius 3 is 2.84 bits per heavy atom. The number of nitriles is 1. The first-order valence-corrected chi connectivity index (χ1v) is 9.35. The lowest BCUT2D eigenvalue weighted by molar-refractivity contribution is -0.384. The van der Waals surface area contributed by atoms with Crippen LogP contribution in [-0.2, 0) is 0 Å². The summed E-state index contributed by atoms with van der Waals surface area (Å²) in [6.07, 6.45) is 0. The van der Waals surface area contributed by atoms with E-state index in [4.69, 9.17) is 31.5 Å². The number of H-pyrrole nitrogens is 1. The number of aromatic nitrogens is 2. The number of nitrogens with zero attached hydrogens (tertiary/aromatic N) is 3. The molecule has 2 aliphatic rings. The third-order valence-corrected chi connectivity index (χ3v) is 5.42. The van der Waals surface area contributed by atoms with Crippen molar-refractivity contribution in [3.05, 3.63) is 74.1 Å². The summed E-state index contributed by atoms with van der Waals surface area (Å²) in [5.74, 6) is 0.462. The maximum atomic E-state index is 11.4. The smallest absolute Gasteiger partial charge is 0.288 e. The summed E-state index contributed by atoms with van der Waals surface area (Å²) in [6, 6.07) is 11.7. The van der Waals surface area contributed by atoms with Crippen LogP contribution >= 0.6 is 11.6 Å². The van der Waals surface area contributed by atoms with E-state index in [0.29, 0.717) is 33.9 Å². The SMILES string of the molecule is N#CC1=C(N)Oc2n[nH]c(-c3ccc4c(c3)OCO4)c2C1c1ccc(Cl)c([N+](=O)[O-])c1. The fourth-order valence-corrected chi connectivity index (χ4v) is 3.89. The van der Waals surface area contributed by atoms with Crippen molar-refractivity contribution in [1.29, 1.82) is 5.26 Å². The predicted octanol–water partition coefficient (Wildman–Crippen LogP) is 3.59. The highest BCUT2D eigenvalue weighted by molar-refractivity contribution is 6.32. The van der Waals surface area contributed by atoms with Crippen molar-refractivity contribution in [2.45, 2.75) is 5.92 Å². The van der Waals surface area contributed by atoms with Gasteiger partial charge in [-0.05, 0) is 29.8 Å². The van der Waals surface area contributed by atoms with E-state index in [1.807, 2.05) is 0 Å². The second-order valence-electron chi connectivity index (χ2n) is 6.78. The highest BCUT2D eigenvalue weighted by Crippen LogP contribution is 2.47. The van der Waals surface area contributed by atoms with E-state index in [1.54, 1.807) is 24.3 Å². The third kappa shape index (κ3) is 2.91. The van der Waals surface area contributed by atoms with Crippen LogP contribution in [0.15, 0.2) is 47.9 Å². The van der Waals surface area contributed by atoms with E-state index in [2.05, 4.69) is 16.3 Å². The predicted molar refractivity (Wildman–Crippen MR) is 108 cm³/mol. The first kappa shape index (κ1) is 18.8. The van der Waals surface area contributed by atoms with Crippen molar-refractivity contribution < 1.29 is 19.1 Å². The van der Waals surface area contributed by atoms with Gasteiger partial charge in [-0.2, -0.15) is 5.26 Å². The van der Waals surface area contributed by atoms with Crippen molar-refractivity contribution >= 4 is 17.3 Å². The van der Waals surface area contributed by atoms with E-state index in [1.165, 1.54) is 12.1 Å². The van der Waals surface area contributed by atoms with Gasteiger partial charge in [0.05, 0.1) is 22.1 Å². The second kappa shape index (κ2) is 6.93. The van der Waals surface area contributed by atoms with Gasteiger partial charge in [-0.15, -0.1) is 5.10 Å². The number of nitro groups is 1. The van der Waals surface area contributed by atoms with Gasteiger partial charge in [0.15, 0.2) is 11.5 Å². The molecule has 0 radical (unpaired) electrons. The number of benzene rings is 2. The molecule has 11 heteroatoms. The maximum Gasteiger partial charge on any atom is 0.288 e. The van der Waals surface area contributed by atoms with Crippen molar-refractivity contribution in [1.82, 2.24) is 10.2 Å². The minimum Gasteiger partial charge on any atom is -0.454 e. The topological polar surface area (TPSA) is 149 Å². The number of ether oxygens (including phenoxy) is 3. The summed E-state index contributed by atoms with van der Waals surface area (Å²) >= 11 is 5.98. The average Bonchev–Trinajstić information content (AvgIpc) is 3.39. The number of nitrogens with one attached hydrogen (secondary N) is 1. The molecule has 3 heterocycles. The first-order valence-electron chi connectivity index (χ1n) is 8.97. The zero-order valence-electron chi connectivity index (χ0n) is 15.6. The Hall–Kier alpha value is -4.23. The number of hydrogen-bond acceptors (Lipinski definition) is 8. The summed E-state index contributed by atoms with van der Waals surface area (Å²) < 4.78 is 16.4. The summed E-state index contributed by atoms with van der Waals surface area (Å²) in [6.45, 7) is 0.123. The van der Waals surface area contributed by atoms with Gasteiger partial charge in [-0.25, -0.2) is 0 Å². The second-order valence-corrected chi connectivity index (χ2v) is 7.19. The van der Waals surface area contributed by atoms with Crippen LogP contribution in [0.3, 0.4) is 0 Å². The lowest BCUT2D eigenvalue weighted by atomic mass is 9.83.